The predicted octanol–water partition coefficient (Wildman–Crippen LogP) is 1.24. The molecular formula is C12H16N2O2. The molecule has 1 N–H and O–H groups in total. The molecule has 86 valence electrons. The average molecular weight is 220 g/mol. The lowest BCUT2D eigenvalue weighted by Crippen LogP contribution is -2.30. The zero-order valence-electron chi connectivity index (χ0n) is 9.19. The van der Waals surface area contributed by atoms with Crippen LogP contribution in [0.1, 0.15) is 23.2 Å². The molecule has 0 aromatic carbocycles. The van der Waals surface area contributed by atoms with E-state index in [1.165, 1.54) is 0 Å². The Balaban J connectivity index is 1.79. The average Bonchev–Trinajstić information content (AvgIpc) is 2.38. The highest BCUT2D eigenvalue weighted by Crippen LogP contribution is 2.12. The van der Waals surface area contributed by atoms with Crippen LogP contribution in [0.3, 0.4) is 0 Å². The second-order valence-electron chi connectivity index (χ2n) is 4.03. The Labute approximate surface area is 95.0 Å². The molecule has 0 amide bonds. The third kappa shape index (κ3) is 3.03. The number of nitrogens with one attached hydrogen (secondary N) is 1. The first-order valence-electron chi connectivity index (χ1n) is 5.64. The summed E-state index contributed by atoms with van der Waals surface area (Å²) in [6.45, 7) is 2.58. The molecule has 1 fully saturated rings. The van der Waals surface area contributed by atoms with Crippen molar-refractivity contribution in [3.8, 4) is 0 Å². The van der Waals surface area contributed by atoms with E-state index in [0.717, 1.165) is 25.9 Å². The summed E-state index contributed by atoms with van der Waals surface area (Å²) in [6, 6.07) is 3.34. The lowest BCUT2D eigenvalue weighted by Gasteiger charge is -2.22. The van der Waals surface area contributed by atoms with Crippen LogP contribution in [-0.2, 0) is 4.74 Å². The zero-order chi connectivity index (χ0) is 11.2. The number of ether oxygens (including phenoxy) is 1. The Kier molecular flexibility index (Phi) is 3.88. The second-order valence-corrected chi connectivity index (χ2v) is 4.03. The summed E-state index contributed by atoms with van der Waals surface area (Å²) in [4.78, 5) is 15.5. The van der Waals surface area contributed by atoms with Gasteiger partial charge in [-0.2, -0.15) is 0 Å². The topological polar surface area (TPSA) is 51.2 Å². The number of esters is 1. The first-order chi connectivity index (χ1) is 7.86. The van der Waals surface area contributed by atoms with E-state index in [1.54, 1.807) is 24.5 Å². The molecule has 0 atom stereocenters. The van der Waals surface area contributed by atoms with Crippen molar-refractivity contribution < 1.29 is 9.53 Å². The van der Waals surface area contributed by atoms with E-state index in [1.807, 2.05) is 0 Å². The number of hydrogen-bond donors (Lipinski definition) is 1. The molecule has 1 aliphatic rings. The van der Waals surface area contributed by atoms with Gasteiger partial charge in [0.2, 0.25) is 0 Å². The molecule has 0 bridgehead atoms. The van der Waals surface area contributed by atoms with Gasteiger partial charge in [-0.3, -0.25) is 4.98 Å². The second kappa shape index (κ2) is 5.61. The number of carbonyl (C=O) groups excluding carboxylic acids is 1. The molecule has 4 nitrogen and oxygen atoms in total. The van der Waals surface area contributed by atoms with Gasteiger partial charge >= 0.3 is 5.97 Å². The van der Waals surface area contributed by atoms with Crippen molar-refractivity contribution in [3.63, 3.8) is 0 Å². The van der Waals surface area contributed by atoms with Crippen molar-refractivity contribution >= 4 is 5.97 Å². The molecular weight excluding hydrogens is 204 g/mol. The van der Waals surface area contributed by atoms with Crippen LogP contribution in [0.4, 0.5) is 0 Å². The highest BCUT2D eigenvalue weighted by atomic mass is 16.5. The first kappa shape index (κ1) is 11.1. The zero-order valence-corrected chi connectivity index (χ0v) is 9.19. The van der Waals surface area contributed by atoms with E-state index >= 15 is 0 Å². The Morgan fingerprint density at radius 2 is 2.06 bits per heavy atom. The van der Waals surface area contributed by atoms with Gasteiger partial charge in [-0.05, 0) is 44.0 Å². The summed E-state index contributed by atoms with van der Waals surface area (Å²) in [5, 5.41) is 3.29. The van der Waals surface area contributed by atoms with Crippen molar-refractivity contribution in [2.24, 2.45) is 5.92 Å². The number of rotatable bonds is 3. The first-order valence-corrected chi connectivity index (χ1v) is 5.64. The van der Waals surface area contributed by atoms with Gasteiger partial charge in [0.1, 0.15) is 0 Å². The Hall–Kier alpha value is -1.42. The number of hydrogen-bond acceptors (Lipinski definition) is 4. The van der Waals surface area contributed by atoms with Gasteiger partial charge < -0.3 is 10.1 Å². The quantitative estimate of drug-likeness (QED) is 0.779. The summed E-state index contributed by atoms with van der Waals surface area (Å²) in [5.41, 5.74) is 0.573. The lowest BCUT2D eigenvalue weighted by atomic mass is 9.99. The predicted molar refractivity (Wildman–Crippen MR) is 60.1 cm³/mol. The van der Waals surface area contributed by atoms with E-state index in [9.17, 15) is 4.79 Å². The number of pyridine rings is 1. The summed E-state index contributed by atoms with van der Waals surface area (Å²) < 4.78 is 5.27. The van der Waals surface area contributed by atoms with Crippen molar-refractivity contribution in [1.29, 1.82) is 0 Å². The third-order valence-corrected chi connectivity index (χ3v) is 2.82. The highest BCUT2D eigenvalue weighted by Gasteiger charge is 2.15. The van der Waals surface area contributed by atoms with Gasteiger partial charge in [0.15, 0.2) is 0 Å². The van der Waals surface area contributed by atoms with Crippen LogP contribution in [-0.4, -0.2) is 30.6 Å². The maximum Gasteiger partial charge on any atom is 0.338 e. The Morgan fingerprint density at radius 1 is 1.38 bits per heavy atom. The highest BCUT2D eigenvalue weighted by molar-refractivity contribution is 5.89. The maximum absolute atomic E-state index is 11.6. The monoisotopic (exact) mass is 220 g/mol. The fraction of sp³-hybridized carbons (Fsp3) is 0.500. The molecule has 1 aromatic heterocycles. The van der Waals surface area contributed by atoms with Crippen LogP contribution in [0.15, 0.2) is 24.5 Å². The molecule has 2 rings (SSSR count). The summed E-state index contributed by atoms with van der Waals surface area (Å²) in [6.07, 6.45) is 5.37. The van der Waals surface area contributed by atoms with Crippen LogP contribution in [0, 0.1) is 5.92 Å². The standard InChI is InChI=1S/C12H16N2O2/c15-12(11-3-7-14-8-4-11)16-9-10-1-5-13-6-2-10/h3-4,7-8,10,13H,1-2,5-6,9H2. The van der Waals surface area contributed by atoms with Crippen LogP contribution in [0.2, 0.25) is 0 Å². The Bertz CT molecular complexity index is 334. The van der Waals surface area contributed by atoms with Crippen molar-refractivity contribution in [3.05, 3.63) is 30.1 Å². The lowest BCUT2D eigenvalue weighted by molar-refractivity contribution is 0.0415. The smallest absolute Gasteiger partial charge is 0.338 e. The van der Waals surface area contributed by atoms with E-state index in [-0.39, 0.29) is 5.97 Å². The van der Waals surface area contributed by atoms with Crippen LogP contribution >= 0.6 is 0 Å². The van der Waals surface area contributed by atoms with Gasteiger partial charge in [0, 0.05) is 12.4 Å². The molecule has 0 saturated carbocycles. The maximum atomic E-state index is 11.6. The minimum absolute atomic E-state index is 0.249. The number of nitrogens with zero attached hydrogens (tertiary/aromatic N) is 1. The fourth-order valence-electron chi connectivity index (χ4n) is 1.81. The van der Waals surface area contributed by atoms with Gasteiger partial charge in [0.05, 0.1) is 12.2 Å². The molecule has 0 unspecified atom stereocenters. The van der Waals surface area contributed by atoms with Gasteiger partial charge in [-0.25, -0.2) is 4.79 Å². The van der Waals surface area contributed by atoms with Gasteiger partial charge in [-0.1, -0.05) is 0 Å². The van der Waals surface area contributed by atoms with E-state index < -0.39 is 0 Å². The molecule has 1 aliphatic heterocycles. The van der Waals surface area contributed by atoms with Crippen molar-refractivity contribution in [2.45, 2.75) is 12.8 Å². The number of carbonyl (C=O) groups is 1. The van der Waals surface area contributed by atoms with Crippen LogP contribution in [0.5, 0.6) is 0 Å². The molecule has 1 saturated heterocycles. The minimum Gasteiger partial charge on any atom is -0.462 e. The van der Waals surface area contributed by atoms with E-state index in [4.69, 9.17) is 4.74 Å². The number of piperidine rings is 1. The summed E-state index contributed by atoms with van der Waals surface area (Å²) >= 11 is 0. The Morgan fingerprint density at radius 3 is 2.75 bits per heavy atom. The molecule has 1 aromatic rings. The molecule has 0 spiro atoms. The van der Waals surface area contributed by atoms with E-state index in [0.29, 0.717) is 18.1 Å². The molecule has 16 heavy (non-hydrogen) atoms. The van der Waals surface area contributed by atoms with Crippen molar-refractivity contribution in [2.75, 3.05) is 19.7 Å². The number of aromatic nitrogens is 1. The molecule has 4 heteroatoms. The summed E-state index contributed by atoms with van der Waals surface area (Å²) in [7, 11) is 0. The summed E-state index contributed by atoms with van der Waals surface area (Å²) in [5.74, 6) is 0.257. The van der Waals surface area contributed by atoms with E-state index in [2.05, 4.69) is 10.3 Å². The minimum atomic E-state index is -0.249. The fourth-order valence-corrected chi connectivity index (χ4v) is 1.81. The largest absolute Gasteiger partial charge is 0.462 e. The SMILES string of the molecule is O=C(OCC1CCNCC1)c1ccncc1. The van der Waals surface area contributed by atoms with Crippen LogP contribution < -0.4 is 5.32 Å². The molecule has 0 aliphatic carbocycles. The molecule has 2 heterocycles. The van der Waals surface area contributed by atoms with Crippen molar-refractivity contribution in [1.82, 2.24) is 10.3 Å². The van der Waals surface area contributed by atoms with Gasteiger partial charge in [-0.15, -0.1) is 0 Å². The molecule has 0 radical (unpaired) electrons. The normalized spacial score (nSPS) is 17.0. The van der Waals surface area contributed by atoms with Gasteiger partial charge in [0.25, 0.3) is 0 Å². The van der Waals surface area contributed by atoms with Crippen LogP contribution in [0.25, 0.3) is 0 Å². The third-order valence-electron chi connectivity index (χ3n) is 2.82.